The number of rotatable bonds is 3. The van der Waals surface area contributed by atoms with E-state index in [9.17, 15) is 9.18 Å². The van der Waals surface area contributed by atoms with Gasteiger partial charge in [0, 0.05) is 5.92 Å². The number of ketones is 1. The molecule has 1 aliphatic carbocycles. The van der Waals surface area contributed by atoms with Crippen LogP contribution in [-0.4, -0.2) is 12.3 Å². The van der Waals surface area contributed by atoms with Crippen LogP contribution < -0.4 is 5.73 Å². The van der Waals surface area contributed by atoms with Gasteiger partial charge in [-0.15, -0.1) is 0 Å². The second-order valence-corrected chi connectivity index (χ2v) is 5.71. The summed E-state index contributed by atoms with van der Waals surface area (Å²) in [6.45, 7) is 0.506. The molecule has 0 aliphatic heterocycles. The molecular weight excluding hydrogens is 297 g/mol. The van der Waals surface area contributed by atoms with Gasteiger partial charge in [-0.25, -0.2) is 4.39 Å². The number of benzene rings is 1. The summed E-state index contributed by atoms with van der Waals surface area (Å²) in [4.78, 5) is 12.4. The molecule has 2 atom stereocenters. The second kappa shape index (κ2) is 5.93. The van der Waals surface area contributed by atoms with Crippen molar-refractivity contribution in [2.45, 2.75) is 25.7 Å². The lowest BCUT2D eigenvalue weighted by Gasteiger charge is -2.29. The molecule has 0 bridgehead atoms. The Labute approximate surface area is 115 Å². The molecule has 1 saturated carbocycles. The maximum atomic E-state index is 13.9. The van der Waals surface area contributed by atoms with E-state index < -0.39 is 5.82 Å². The Morgan fingerprint density at radius 2 is 2.11 bits per heavy atom. The molecule has 2 N–H and O–H groups in total. The van der Waals surface area contributed by atoms with Crippen LogP contribution in [0.4, 0.5) is 4.39 Å². The first kappa shape index (κ1) is 13.7. The van der Waals surface area contributed by atoms with Crippen molar-refractivity contribution in [1.29, 1.82) is 0 Å². The van der Waals surface area contributed by atoms with Gasteiger partial charge in [-0.05, 0) is 53.4 Å². The highest BCUT2D eigenvalue weighted by Crippen LogP contribution is 2.33. The average molecular weight is 314 g/mol. The van der Waals surface area contributed by atoms with Crippen LogP contribution in [0.25, 0.3) is 0 Å². The van der Waals surface area contributed by atoms with E-state index in [1.54, 1.807) is 18.2 Å². The monoisotopic (exact) mass is 313 g/mol. The van der Waals surface area contributed by atoms with Crippen LogP contribution in [0.15, 0.2) is 22.7 Å². The van der Waals surface area contributed by atoms with Gasteiger partial charge in [-0.2, -0.15) is 0 Å². The van der Waals surface area contributed by atoms with Crippen molar-refractivity contribution in [2.24, 2.45) is 17.6 Å². The molecule has 1 aromatic rings. The summed E-state index contributed by atoms with van der Waals surface area (Å²) in [5.74, 6) is -0.468. The predicted octanol–water partition coefficient (Wildman–Crippen LogP) is 3.54. The molecule has 2 rings (SSSR count). The maximum Gasteiger partial charge on any atom is 0.169 e. The van der Waals surface area contributed by atoms with Crippen LogP contribution in [0, 0.1) is 17.7 Å². The van der Waals surface area contributed by atoms with E-state index in [2.05, 4.69) is 15.9 Å². The minimum absolute atomic E-state index is 0.0936. The van der Waals surface area contributed by atoms with Crippen LogP contribution in [-0.2, 0) is 0 Å². The van der Waals surface area contributed by atoms with Gasteiger partial charge in [0.2, 0.25) is 0 Å². The molecule has 1 aromatic carbocycles. The molecule has 18 heavy (non-hydrogen) atoms. The lowest BCUT2D eigenvalue weighted by atomic mass is 9.75. The summed E-state index contributed by atoms with van der Waals surface area (Å²) in [6, 6.07) is 4.86. The van der Waals surface area contributed by atoms with Crippen LogP contribution in [0.2, 0.25) is 0 Å². The minimum atomic E-state index is -0.455. The third-order valence-corrected chi connectivity index (χ3v) is 4.38. The normalized spacial score (nSPS) is 23.9. The largest absolute Gasteiger partial charge is 0.330 e. The van der Waals surface area contributed by atoms with Crippen LogP contribution in [0.3, 0.4) is 0 Å². The quantitative estimate of drug-likeness (QED) is 0.867. The van der Waals surface area contributed by atoms with Gasteiger partial charge in [-0.3, -0.25) is 4.79 Å². The summed E-state index contributed by atoms with van der Waals surface area (Å²) in [6.07, 6.45) is 3.95. The fraction of sp³-hybridized carbons (Fsp3) is 0.500. The SMILES string of the molecule is NCC1CCCCC1C(=O)c1cccc(Br)c1F. The molecular formula is C14H17BrFNO. The lowest BCUT2D eigenvalue weighted by molar-refractivity contribution is 0.0825. The topological polar surface area (TPSA) is 43.1 Å². The van der Waals surface area contributed by atoms with E-state index in [1.165, 1.54) is 0 Å². The first-order valence-corrected chi connectivity index (χ1v) is 7.12. The summed E-state index contributed by atoms with van der Waals surface area (Å²) in [5, 5.41) is 0. The van der Waals surface area contributed by atoms with E-state index >= 15 is 0 Å². The molecule has 0 spiro atoms. The van der Waals surface area contributed by atoms with E-state index in [1.807, 2.05) is 0 Å². The van der Waals surface area contributed by atoms with Gasteiger partial charge in [0.15, 0.2) is 5.78 Å². The molecule has 0 radical (unpaired) electrons. The van der Waals surface area contributed by atoms with Gasteiger partial charge in [0.25, 0.3) is 0 Å². The lowest BCUT2D eigenvalue weighted by Crippen LogP contribution is -2.32. The van der Waals surface area contributed by atoms with E-state index in [0.717, 1.165) is 25.7 Å². The fourth-order valence-electron chi connectivity index (χ4n) is 2.73. The van der Waals surface area contributed by atoms with Crippen LogP contribution in [0.1, 0.15) is 36.0 Å². The Morgan fingerprint density at radius 1 is 1.39 bits per heavy atom. The maximum absolute atomic E-state index is 13.9. The summed E-state index contributed by atoms with van der Waals surface area (Å²) in [5.41, 5.74) is 5.91. The van der Waals surface area contributed by atoms with Gasteiger partial charge in [0.1, 0.15) is 5.82 Å². The zero-order valence-electron chi connectivity index (χ0n) is 10.2. The Kier molecular flexibility index (Phi) is 4.51. The molecule has 0 heterocycles. The number of carbonyl (C=O) groups excluding carboxylic acids is 1. The van der Waals surface area contributed by atoms with Crippen molar-refractivity contribution in [2.75, 3.05) is 6.54 Å². The predicted molar refractivity (Wildman–Crippen MR) is 72.9 cm³/mol. The summed E-state index contributed by atoms with van der Waals surface area (Å²) < 4.78 is 14.3. The van der Waals surface area contributed by atoms with Crippen molar-refractivity contribution in [3.63, 3.8) is 0 Å². The third-order valence-electron chi connectivity index (χ3n) is 3.77. The number of nitrogens with two attached hydrogens (primary N) is 1. The highest BCUT2D eigenvalue weighted by molar-refractivity contribution is 9.10. The molecule has 0 saturated heterocycles. The highest BCUT2D eigenvalue weighted by atomic mass is 79.9. The molecule has 2 unspecified atom stereocenters. The fourth-order valence-corrected chi connectivity index (χ4v) is 3.09. The van der Waals surface area contributed by atoms with Crippen LogP contribution >= 0.6 is 15.9 Å². The molecule has 0 aromatic heterocycles. The molecule has 98 valence electrons. The van der Waals surface area contributed by atoms with Gasteiger partial charge >= 0.3 is 0 Å². The smallest absolute Gasteiger partial charge is 0.169 e. The summed E-state index contributed by atoms with van der Waals surface area (Å²) in [7, 11) is 0. The Hall–Kier alpha value is -0.740. The number of hydrogen-bond donors (Lipinski definition) is 1. The molecule has 4 heteroatoms. The van der Waals surface area contributed by atoms with Crippen molar-refractivity contribution in [3.05, 3.63) is 34.1 Å². The van der Waals surface area contributed by atoms with E-state index in [0.29, 0.717) is 11.0 Å². The number of hydrogen-bond acceptors (Lipinski definition) is 2. The Balaban J connectivity index is 2.27. The van der Waals surface area contributed by atoms with Gasteiger partial charge < -0.3 is 5.73 Å². The molecule has 2 nitrogen and oxygen atoms in total. The Bertz CT molecular complexity index is 449. The zero-order chi connectivity index (χ0) is 13.1. The average Bonchev–Trinajstić information content (AvgIpc) is 2.41. The van der Waals surface area contributed by atoms with E-state index in [4.69, 9.17) is 5.73 Å². The van der Waals surface area contributed by atoms with Crippen molar-refractivity contribution in [3.8, 4) is 0 Å². The van der Waals surface area contributed by atoms with Crippen LogP contribution in [0.5, 0.6) is 0 Å². The molecule has 1 aliphatic rings. The number of Topliss-reactive ketones (excluding diaryl/α,β-unsaturated/α-hetero) is 1. The number of carbonyl (C=O) groups is 1. The standard InChI is InChI=1S/C14H17BrFNO/c15-12-7-3-6-11(13(12)16)14(18)10-5-2-1-4-9(10)8-17/h3,6-7,9-10H,1-2,4-5,8,17H2. The molecule has 0 amide bonds. The number of halogens is 2. The third kappa shape index (κ3) is 2.64. The highest BCUT2D eigenvalue weighted by Gasteiger charge is 2.31. The first-order chi connectivity index (χ1) is 8.65. The zero-order valence-corrected chi connectivity index (χ0v) is 11.7. The van der Waals surface area contributed by atoms with Crippen molar-refractivity contribution >= 4 is 21.7 Å². The summed E-state index contributed by atoms with van der Waals surface area (Å²) >= 11 is 3.12. The van der Waals surface area contributed by atoms with Gasteiger partial charge in [-0.1, -0.05) is 18.9 Å². The minimum Gasteiger partial charge on any atom is -0.330 e. The van der Waals surface area contributed by atoms with E-state index in [-0.39, 0.29) is 23.2 Å². The Morgan fingerprint density at radius 3 is 2.83 bits per heavy atom. The molecule has 1 fully saturated rings. The van der Waals surface area contributed by atoms with Gasteiger partial charge in [0.05, 0.1) is 10.0 Å². The van der Waals surface area contributed by atoms with Crippen molar-refractivity contribution in [1.82, 2.24) is 0 Å². The second-order valence-electron chi connectivity index (χ2n) is 4.85. The van der Waals surface area contributed by atoms with Crippen molar-refractivity contribution < 1.29 is 9.18 Å². The first-order valence-electron chi connectivity index (χ1n) is 6.33.